The fourth-order valence-corrected chi connectivity index (χ4v) is 1.80. The first-order chi connectivity index (χ1) is 9.67. The molecule has 1 rings (SSSR count). The summed E-state index contributed by atoms with van der Waals surface area (Å²) >= 11 is 0. The zero-order valence-electron chi connectivity index (χ0n) is 12.1. The van der Waals surface area contributed by atoms with Crippen LogP contribution >= 0.6 is 0 Å². The maximum absolute atomic E-state index is 10.4. The zero-order valence-corrected chi connectivity index (χ0v) is 12.1. The van der Waals surface area contributed by atoms with Gasteiger partial charge in [0.25, 0.3) is 0 Å². The van der Waals surface area contributed by atoms with E-state index < -0.39 is 5.97 Å². The van der Waals surface area contributed by atoms with Crippen LogP contribution in [0.4, 0.5) is 0 Å². The van der Waals surface area contributed by atoms with E-state index in [1.165, 1.54) is 0 Å². The first-order valence-corrected chi connectivity index (χ1v) is 6.98. The highest BCUT2D eigenvalue weighted by molar-refractivity contribution is 5.66. The summed E-state index contributed by atoms with van der Waals surface area (Å²) in [5.74, 6) is 0.742. The number of hydrogen-bond donors (Lipinski definition) is 2. The Hall–Kier alpha value is -1.75. The van der Waals surface area contributed by atoms with E-state index >= 15 is 0 Å². The normalized spacial score (nSPS) is 10.3. The van der Waals surface area contributed by atoms with Gasteiger partial charge in [0.15, 0.2) is 11.5 Å². The molecular weight excluding hydrogens is 258 g/mol. The van der Waals surface area contributed by atoms with Crippen molar-refractivity contribution in [2.75, 3.05) is 26.3 Å². The van der Waals surface area contributed by atoms with E-state index in [0.717, 1.165) is 30.0 Å². The van der Waals surface area contributed by atoms with Crippen molar-refractivity contribution < 1.29 is 19.4 Å². The van der Waals surface area contributed by atoms with Crippen LogP contribution in [0.1, 0.15) is 25.8 Å². The van der Waals surface area contributed by atoms with Crippen molar-refractivity contribution in [3.05, 3.63) is 23.8 Å². The monoisotopic (exact) mass is 281 g/mol. The molecule has 20 heavy (non-hydrogen) atoms. The topological polar surface area (TPSA) is 67.8 Å². The molecule has 1 aromatic carbocycles. The Morgan fingerprint density at radius 3 is 2.50 bits per heavy atom. The molecule has 0 aliphatic heterocycles. The maximum Gasteiger partial charge on any atom is 0.304 e. The van der Waals surface area contributed by atoms with Gasteiger partial charge in [0.05, 0.1) is 19.6 Å². The molecule has 5 nitrogen and oxygen atoms in total. The lowest BCUT2D eigenvalue weighted by Crippen LogP contribution is -2.20. The summed E-state index contributed by atoms with van der Waals surface area (Å²) < 4.78 is 11.1. The maximum atomic E-state index is 10.4. The Morgan fingerprint density at radius 2 is 1.85 bits per heavy atom. The second kappa shape index (κ2) is 9.20. The Morgan fingerprint density at radius 1 is 1.15 bits per heavy atom. The van der Waals surface area contributed by atoms with E-state index in [1.807, 2.05) is 32.0 Å². The molecule has 0 fully saturated rings. The molecule has 112 valence electrons. The van der Waals surface area contributed by atoms with Gasteiger partial charge < -0.3 is 19.9 Å². The van der Waals surface area contributed by atoms with Gasteiger partial charge in [0, 0.05) is 6.54 Å². The minimum Gasteiger partial charge on any atom is -0.490 e. The zero-order chi connectivity index (χ0) is 14.8. The van der Waals surface area contributed by atoms with E-state index in [0.29, 0.717) is 19.8 Å². The van der Waals surface area contributed by atoms with Crippen molar-refractivity contribution in [2.24, 2.45) is 0 Å². The molecule has 0 saturated carbocycles. The van der Waals surface area contributed by atoms with Crippen molar-refractivity contribution in [3.8, 4) is 11.5 Å². The molecule has 0 aromatic heterocycles. The summed E-state index contributed by atoms with van der Waals surface area (Å²) in [4.78, 5) is 10.4. The summed E-state index contributed by atoms with van der Waals surface area (Å²) in [7, 11) is 0. The van der Waals surface area contributed by atoms with Gasteiger partial charge in [0.2, 0.25) is 0 Å². The minimum atomic E-state index is -0.780. The number of ether oxygens (including phenoxy) is 2. The van der Waals surface area contributed by atoms with Gasteiger partial charge in [-0.15, -0.1) is 0 Å². The third-order valence-electron chi connectivity index (χ3n) is 2.71. The van der Waals surface area contributed by atoms with Crippen LogP contribution in [0.15, 0.2) is 18.2 Å². The first kappa shape index (κ1) is 16.3. The summed E-state index contributed by atoms with van der Waals surface area (Å²) in [5, 5.41) is 11.6. The molecule has 0 heterocycles. The average Bonchev–Trinajstić information content (AvgIpc) is 2.41. The molecule has 0 atom stereocenters. The molecule has 0 bridgehead atoms. The molecular formula is C15H23NO4. The fourth-order valence-electron chi connectivity index (χ4n) is 1.80. The van der Waals surface area contributed by atoms with Crippen molar-refractivity contribution in [3.63, 3.8) is 0 Å². The Bertz CT molecular complexity index is 420. The van der Waals surface area contributed by atoms with Crippen molar-refractivity contribution in [1.29, 1.82) is 0 Å². The van der Waals surface area contributed by atoms with Crippen LogP contribution in [0.25, 0.3) is 0 Å². The smallest absolute Gasteiger partial charge is 0.304 e. The first-order valence-electron chi connectivity index (χ1n) is 6.98. The lowest BCUT2D eigenvalue weighted by Gasteiger charge is -2.12. The van der Waals surface area contributed by atoms with Crippen LogP contribution in [0.3, 0.4) is 0 Å². The van der Waals surface area contributed by atoms with E-state index in [9.17, 15) is 4.79 Å². The van der Waals surface area contributed by atoms with Gasteiger partial charge in [-0.1, -0.05) is 6.07 Å². The molecule has 0 radical (unpaired) electrons. The van der Waals surface area contributed by atoms with Gasteiger partial charge >= 0.3 is 5.97 Å². The summed E-state index contributed by atoms with van der Waals surface area (Å²) in [6.45, 7) is 6.32. The van der Waals surface area contributed by atoms with Crippen LogP contribution in [0.5, 0.6) is 11.5 Å². The summed E-state index contributed by atoms with van der Waals surface area (Å²) in [5.41, 5.74) is 1.14. The third kappa shape index (κ3) is 5.93. The molecule has 2 N–H and O–H groups in total. The van der Waals surface area contributed by atoms with Gasteiger partial charge in [-0.2, -0.15) is 0 Å². The van der Waals surface area contributed by atoms with Gasteiger partial charge in [-0.05, 0) is 44.5 Å². The Labute approximate surface area is 119 Å². The highest BCUT2D eigenvalue weighted by Crippen LogP contribution is 2.28. The number of nitrogens with one attached hydrogen (secondary N) is 1. The second-order valence-electron chi connectivity index (χ2n) is 4.29. The van der Waals surface area contributed by atoms with E-state index in [2.05, 4.69) is 5.32 Å². The molecule has 0 unspecified atom stereocenters. The molecule has 1 aromatic rings. The molecule has 0 aliphatic carbocycles. The minimum absolute atomic E-state index is 0.146. The standard InChI is InChI=1S/C15H23NO4/c1-3-19-13-6-5-12(11-14(13)20-4-2)7-9-16-10-8-15(17)18/h5-6,11,16H,3-4,7-10H2,1-2H3,(H,17,18). The third-order valence-corrected chi connectivity index (χ3v) is 2.71. The summed E-state index contributed by atoms with van der Waals surface area (Å²) in [6, 6.07) is 5.90. The molecule has 0 spiro atoms. The van der Waals surface area contributed by atoms with E-state index in [1.54, 1.807) is 0 Å². The molecule has 0 saturated heterocycles. The van der Waals surface area contributed by atoms with Crippen LogP contribution in [0.2, 0.25) is 0 Å². The largest absolute Gasteiger partial charge is 0.490 e. The van der Waals surface area contributed by atoms with Gasteiger partial charge in [0.1, 0.15) is 0 Å². The summed E-state index contributed by atoms with van der Waals surface area (Å²) in [6.07, 6.45) is 0.972. The number of carboxylic acid groups (broad SMARTS) is 1. The van der Waals surface area contributed by atoms with Crippen molar-refractivity contribution in [2.45, 2.75) is 26.7 Å². The average molecular weight is 281 g/mol. The van der Waals surface area contributed by atoms with Gasteiger partial charge in [-0.25, -0.2) is 0 Å². The Kier molecular flexibility index (Phi) is 7.50. The lowest BCUT2D eigenvalue weighted by molar-refractivity contribution is -0.136. The number of hydrogen-bond acceptors (Lipinski definition) is 4. The van der Waals surface area contributed by atoms with Crippen molar-refractivity contribution >= 4 is 5.97 Å². The fraction of sp³-hybridized carbons (Fsp3) is 0.533. The second-order valence-corrected chi connectivity index (χ2v) is 4.29. The molecule has 0 amide bonds. The molecule has 0 aliphatic rings. The van der Waals surface area contributed by atoms with Crippen molar-refractivity contribution in [1.82, 2.24) is 5.32 Å². The quantitative estimate of drug-likeness (QED) is 0.643. The van der Waals surface area contributed by atoms with E-state index in [-0.39, 0.29) is 6.42 Å². The van der Waals surface area contributed by atoms with Crippen LogP contribution in [0, 0.1) is 0 Å². The Balaban J connectivity index is 2.49. The van der Waals surface area contributed by atoms with Crippen LogP contribution in [-0.4, -0.2) is 37.4 Å². The highest BCUT2D eigenvalue weighted by Gasteiger charge is 2.06. The predicted molar refractivity (Wildman–Crippen MR) is 77.6 cm³/mol. The van der Waals surface area contributed by atoms with E-state index in [4.69, 9.17) is 14.6 Å². The van der Waals surface area contributed by atoms with Crippen LogP contribution in [-0.2, 0) is 11.2 Å². The number of rotatable bonds is 10. The van der Waals surface area contributed by atoms with Crippen LogP contribution < -0.4 is 14.8 Å². The SMILES string of the molecule is CCOc1ccc(CCNCCC(=O)O)cc1OCC. The number of aliphatic carboxylic acids is 1. The predicted octanol–water partition coefficient (Wildman–Crippen LogP) is 2.09. The number of carboxylic acids is 1. The lowest BCUT2D eigenvalue weighted by atomic mass is 10.1. The highest BCUT2D eigenvalue weighted by atomic mass is 16.5. The number of benzene rings is 1. The molecule has 5 heteroatoms. The number of carbonyl (C=O) groups is 1. The van der Waals surface area contributed by atoms with Gasteiger partial charge in [-0.3, -0.25) is 4.79 Å².